The number of benzene rings is 1. The lowest BCUT2D eigenvalue weighted by molar-refractivity contribution is 0.439. The molecule has 2 aromatic heterocycles. The van der Waals surface area contributed by atoms with Gasteiger partial charge in [-0.25, -0.2) is 4.68 Å². The van der Waals surface area contributed by atoms with Gasteiger partial charge in [0, 0.05) is 24.0 Å². The molecule has 2 heterocycles. The van der Waals surface area contributed by atoms with Crippen LogP contribution in [0.1, 0.15) is 0 Å². The zero-order valence-electron chi connectivity index (χ0n) is 8.95. The number of nitrogens with zero attached hydrogens (tertiary/aromatic N) is 3. The highest BCUT2D eigenvalue weighted by molar-refractivity contribution is 5.63. The van der Waals surface area contributed by atoms with E-state index in [0.717, 1.165) is 16.9 Å². The first-order valence-corrected chi connectivity index (χ1v) is 5.15. The van der Waals surface area contributed by atoms with Crippen molar-refractivity contribution in [1.82, 2.24) is 14.9 Å². The van der Waals surface area contributed by atoms with Crippen molar-refractivity contribution in [2.24, 2.45) is 0 Å². The van der Waals surface area contributed by atoms with Crippen molar-refractivity contribution in [3.8, 4) is 16.9 Å². The molecule has 0 saturated carbocycles. The van der Waals surface area contributed by atoms with Crippen LogP contribution in [0.4, 0.5) is 5.88 Å². The van der Waals surface area contributed by atoms with Crippen molar-refractivity contribution in [3.63, 3.8) is 0 Å². The highest BCUT2D eigenvalue weighted by atomic mass is 16.5. The van der Waals surface area contributed by atoms with Gasteiger partial charge in [-0.2, -0.15) is 5.10 Å². The van der Waals surface area contributed by atoms with E-state index in [4.69, 9.17) is 10.3 Å². The molecule has 0 radical (unpaired) electrons. The highest BCUT2D eigenvalue weighted by Gasteiger charge is 2.05. The van der Waals surface area contributed by atoms with Gasteiger partial charge in [-0.1, -0.05) is 17.3 Å². The van der Waals surface area contributed by atoms with Crippen molar-refractivity contribution in [2.45, 2.75) is 0 Å². The molecule has 0 unspecified atom stereocenters. The molecule has 0 bridgehead atoms. The molecule has 1 aromatic carbocycles. The lowest BCUT2D eigenvalue weighted by Crippen LogP contribution is -1.93. The van der Waals surface area contributed by atoms with E-state index >= 15 is 0 Å². The first kappa shape index (κ1) is 9.65. The molecule has 0 aliphatic rings. The Hall–Kier alpha value is -2.56. The van der Waals surface area contributed by atoms with Gasteiger partial charge in [0.25, 0.3) is 0 Å². The molecule has 17 heavy (non-hydrogen) atoms. The van der Waals surface area contributed by atoms with E-state index in [1.165, 1.54) is 0 Å². The van der Waals surface area contributed by atoms with E-state index in [0.29, 0.717) is 5.88 Å². The third-order valence-corrected chi connectivity index (χ3v) is 2.44. The summed E-state index contributed by atoms with van der Waals surface area (Å²) in [6.07, 6.45) is 3.62. The molecule has 0 spiro atoms. The van der Waals surface area contributed by atoms with Crippen LogP contribution >= 0.6 is 0 Å². The maximum absolute atomic E-state index is 5.50. The van der Waals surface area contributed by atoms with Gasteiger partial charge in [0.2, 0.25) is 5.88 Å². The molecule has 5 nitrogen and oxygen atoms in total. The second-order valence-corrected chi connectivity index (χ2v) is 3.62. The predicted octanol–water partition coefficient (Wildman–Crippen LogP) is 2.11. The third kappa shape index (κ3) is 1.78. The molecule has 84 valence electrons. The lowest BCUT2D eigenvalue weighted by Gasteiger charge is -2.02. The van der Waals surface area contributed by atoms with Crippen molar-refractivity contribution in [3.05, 3.63) is 48.8 Å². The normalized spacial score (nSPS) is 10.6. The number of anilines is 1. The van der Waals surface area contributed by atoms with Gasteiger partial charge in [-0.05, 0) is 18.2 Å². The van der Waals surface area contributed by atoms with E-state index in [2.05, 4.69) is 10.3 Å². The van der Waals surface area contributed by atoms with Crippen LogP contribution in [0.25, 0.3) is 16.9 Å². The summed E-state index contributed by atoms with van der Waals surface area (Å²) < 4.78 is 6.64. The molecule has 0 aliphatic carbocycles. The average molecular weight is 226 g/mol. The molecule has 3 rings (SSSR count). The minimum absolute atomic E-state index is 0.310. The Morgan fingerprint density at radius 3 is 2.82 bits per heavy atom. The standard InChI is InChI=1S/C12H10N4O/c13-12-8-11(15-17-12)9-3-1-4-10(7-9)16-6-2-5-14-16/h1-8H,13H2. The quantitative estimate of drug-likeness (QED) is 0.726. The van der Waals surface area contributed by atoms with E-state index in [1.807, 2.05) is 36.5 Å². The maximum atomic E-state index is 5.50. The van der Waals surface area contributed by atoms with Gasteiger partial charge in [-0.15, -0.1) is 0 Å². The zero-order valence-corrected chi connectivity index (χ0v) is 8.95. The molecular weight excluding hydrogens is 216 g/mol. The summed E-state index contributed by atoms with van der Waals surface area (Å²) in [4.78, 5) is 0. The van der Waals surface area contributed by atoms with Gasteiger partial charge in [0.05, 0.1) is 5.69 Å². The van der Waals surface area contributed by atoms with Gasteiger partial charge >= 0.3 is 0 Å². The number of rotatable bonds is 2. The number of aromatic nitrogens is 3. The van der Waals surface area contributed by atoms with Crippen LogP contribution in [-0.2, 0) is 0 Å². The summed E-state index contributed by atoms with van der Waals surface area (Å²) in [6.45, 7) is 0. The van der Waals surface area contributed by atoms with Crippen LogP contribution in [-0.4, -0.2) is 14.9 Å². The Morgan fingerprint density at radius 1 is 1.18 bits per heavy atom. The van der Waals surface area contributed by atoms with Crippen LogP contribution in [0.5, 0.6) is 0 Å². The SMILES string of the molecule is Nc1cc(-c2cccc(-n3cccn3)c2)no1. The van der Waals surface area contributed by atoms with Crippen LogP contribution < -0.4 is 5.73 Å². The molecule has 2 N–H and O–H groups in total. The Bertz CT molecular complexity index is 628. The maximum Gasteiger partial charge on any atom is 0.222 e. The van der Waals surface area contributed by atoms with Crippen molar-refractivity contribution in [2.75, 3.05) is 5.73 Å². The molecule has 0 amide bonds. The molecule has 0 saturated heterocycles. The minimum atomic E-state index is 0.310. The second kappa shape index (κ2) is 3.79. The van der Waals surface area contributed by atoms with Crippen LogP contribution in [0.3, 0.4) is 0 Å². The largest absolute Gasteiger partial charge is 0.368 e. The van der Waals surface area contributed by atoms with E-state index in [1.54, 1.807) is 16.9 Å². The lowest BCUT2D eigenvalue weighted by atomic mass is 10.1. The summed E-state index contributed by atoms with van der Waals surface area (Å²) in [5.74, 6) is 0.310. The molecule has 5 heteroatoms. The second-order valence-electron chi connectivity index (χ2n) is 3.62. The van der Waals surface area contributed by atoms with Crippen LogP contribution in [0, 0.1) is 0 Å². The van der Waals surface area contributed by atoms with Gasteiger partial charge in [0.15, 0.2) is 0 Å². The van der Waals surface area contributed by atoms with Crippen LogP contribution in [0.2, 0.25) is 0 Å². The van der Waals surface area contributed by atoms with Crippen LogP contribution in [0.15, 0.2) is 53.3 Å². The van der Waals surface area contributed by atoms with Gasteiger partial charge < -0.3 is 10.3 Å². The van der Waals surface area contributed by atoms with E-state index in [-0.39, 0.29) is 0 Å². The number of nitrogens with two attached hydrogens (primary N) is 1. The summed E-state index contributed by atoms with van der Waals surface area (Å²) >= 11 is 0. The fourth-order valence-corrected chi connectivity index (χ4v) is 1.65. The highest BCUT2D eigenvalue weighted by Crippen LogP contribution is 2.22. The fourth-order valence-electron chi connectivity index (χ4n) is 1.65. The molecule has 0 fully saturated rings. The molecule has 0 atom stereocenters. The first-order valence-electron chi connectivity index (χ1n) is 5.15. The molecule has 3 aromatic rings. The van der Waals surface area contributed by atoms with Gasteiger partial charge in [0.1, 0.15) is 5.69 Å². The van der Waals surface area contributed by atoms with Crippen molar-refractivity contribution in [1.29, 1.82) is 0 Å². The van der Waals surface area contributed by atoms with E-state index < -0.39 is 0 Å². The average Bonchev–Trinajstić information content (AvgIpc) is 3.00. The fraction of sp³-hybridized carbons (Fsp3) is 0. The number of hydrogen-bond donors (Lipinski definition) is 1. The Balaban J connectivity index is 2.05. The Labute approximate surface area is 97.5 Å². The summed E-state index contributed by atoms with van der Waals surface area (Å²) in [7, 11) is 0. The smallest absolute Gasteiger partial charge is 0.222 e. The predicted molar refractivity (Wildman–Crippen MR) is 63.5 cm³/mol. The number of hydrogen-bond acceptors (Lipinski definition) is 4. The monoisotopic (exact) mass is 226 g/mol. The third-order valence-electron chi connectivity index (χ3n) is 2.44. The Morgan fingerprint density at radius 2 is 2.12 bits per heavy atom. The Kier molecular flexibility index (Phi) is 2.15. The summed E-state index contributed by atoms with van der Waals surface area (Å²) in [5.41, 5.74) is 8.13. The first-order chi connectivity index (χ1) is 8.33. The van der Waals surface area contributed by atoms with Gasteiger partial charge in [-0.3, -0.25) is 0 Å². The topological polar surface area (TPSA) is 69.9 Å². The molecular formula is C12H10N4O. The summed E-state index contributed by atoms with van der Waals surface area (Å²) in [6, 6.07) is 11.4. The summed E-state index contributed by atoms with van der Waals surface area (Å²) in [5, 5.41) is 8.05. The molecule has 0 aliphatic heterocycles. The minimum Gasteiger partial charge on any atom is -0.368 e. The van der Waals surface area contributed by atoms with Crippen molar-refractivity contribution >= 4 is 5.88 Å². The zero-order chi connectivity index (χ0) is 11.7. The number of nitrogen functional groups attached to an aromatic ring is 1. The van der Waals surface area contributed by atoms with E-state index in [9.17, 15) is 0 Å². The van der Waals surface area contributed by atoms with Crippen molar-refractivity contribution < 1.29 is 4.52 Å².